The summed E-state index contributed by atoms with van der Waals surface area (Å²) in [6.07, 6.45) is 3.89. The number of hydrogen-bond acceptors (Lipinski definition) is 5. The minimum atomic E-state index is -0.652. The molecule has 0 bridgehead atoms. The summed E-state index contributed by atoms with van der Waals surface area (Å²) in [4.78, 5) is 34.6. The molecule has 1 saturated carbocycles. The molecule has 3 atom stereocenters. The summed E-state index contributed by atoms with van der Waals surface area (Å²) in [5.41, 5.74) is 0.355. The summed E-state index contributed by atoms with van der Waals surface area (Å²) in [6.45, 7) is 3.65. The highest BCUT2D eigenvalue weighted by Crippen LogP contribution is 2.29. The summed E-state index contributed by atoms with van der Waals surface area (Å²) in [7, 11) is 0. The van der Waals surface area contributed by atoms with Crippen molar-refractivity contribution >= 4 is 18.2 Å². The number of para-hydroxylation sites is 1. The van der Waals surface area contributed by atoms with Crippen molar-refractivity contribution in [2.75, 3.05) is 13.2 Å². The van der Waals surface area contributed by atoms with E-state index in [-0.39, 0.29) is 25.2 Å². The van der Waals surface area contributed by atoms with Crippen LogP contribution in [0, 0.1) is 11.8 Å². The number of esters is 1. The molecule has 1 aliphatic carbocycles. The van der Waals surface area contributed by atoms with Gasteiger partial charge in [-0.25, -0.2) is 4.79 Å². The van der Waals surface area contributed by atoms with Crippen molar-refractivity contribution < 1.29 is 23.9 Å². The van der Waals surface area contributed by atoms with Crippen molar-refractivity contribution in [3.8, 4) is 5.75 Å². The first-order chi connectivity index (χ1) is 12.0. The molecule has 1 aromatic rings. The van der Waals surface area contributed by atoms with Crippen LogP contribution in [0.15, 0.2) is 24.3 Å². The molecule has 6 nitrogen and oxygen atoms in total. The van der Waals surface area contributed by atoms with E-state index < -0.39 is 5.97 Å². The maximum absolute atomic E-state index is 12.0. The summed E-state index contributed by atoms with van der Waals surface area (Å²) < 4.78 is 10.2. The maximum atomic E-state index is 12.0. The predicted octanol–water partition coefficient (Wildman–Crippen LogP) is 2.36. The third-order valence-corrected chi connectivity index (χ3v) is 4.81. The second-order valence-electron chi connectivity index (χ2n) is 6.55. The molecule has 25 heavy (non-hydrogen) atoms. The minimum Gasteiger partial charge on any atom is -0.481 e. The zero-order valence-electron chi connectivity index (χ0n) is 14.7. The van der Waals surface area contributed by atoms with Crippen LogP contribution in [0.25, 0.3) is 0 Å². The first-order valence-electron chi connectivity index (χ1n) is 8.63. The molecule has 2 rings (SSSR count). The summed E-state index contributed by atoms with van der Waals surface area (Å²) in [5.74, 6) is 0.349. The third kappa shape index (κ3) is 5.59. The maximum Gasteiger partial charge on any atom is 0.344 e. The lowest BCUT2D eigenvalue weighted by atomic mass is 9.78. The van der Waals surface area contributed by atoms with Gasteiger partial charge in [-0.2, -0.15) is 0 Å². The quantitative estimate of drug-likeness (QED) is 0.605. The Morgan fingerprint density at radius 1 is 1.20 bits per heavy atom. The highest BCUT2D eigenvalue weighted by atomic mass is 16.6. The number of benzene rings is 1. The lowest BCUT2D eigenvalue weighted by Gasteiger charge is -2.34. The van der Waals surface area contributed by atoms with Gasteiger partial charge in [0.2, 0.25) is 0 Å². The number of rotatable bonds is 7. The van der Waals surface area contributed by atoms with Gasteiger partial charge in [-0.05, 0) is 30.4 Å². The standard InChI is InChI=1S/C19H25NO5/c1-13-6-5-8-16(14(13)2)20-18(22)11-25-19(23)12-24-17-9-4-3-7-15(17)10-21/h3-4,7,9-10,13-14,16H,5-6,8,11-12H2,1-2H3,(H,20,22)/t13-,14+,16+/m0/s1. The number of aldehydes is 1. The van der Waals surface area contributed by atoms with Gasteiger partial charge in [0.1, 0.15) is 5.75 Å². The van der Waals surface area contributed by atoms with Gasteiger partial charge >= 0.3 is 5.97 Å². The number of hydrogen-bond donors (Lipinski definition) is 1. The summed E-state index contributed by atoms with van der Waals surface area (Å²) in [5, 5.41) is 2.94. The average molecular weight is 347 g/mol. The van der Waals surface area contributed by atoms with Crippen LogP contribution in [-0.2, 0) is 14.3 Å². The molecule has 0 saturated heterocycles. The normalized spacial score (nSPS) is 22.7. The Labute approximate surface area is 147 Å². The van der Waals surface area contributed by atoms with Crippen molar-refractivity contribution in [2.24, 2.45) is 11.8 Å². The van der Waals surface area contributed by atoms with E-state index in [1.54, 1.807) is 24.3 Å². The Bertz CT molecular complexity index is 616. The zero-order chi connectivity index (χ0) is 18.2. The van der Waals surface area contributed by atoms with Gasteiger partial charge in [-0.3, -0.25) is 9.59 Å². The average Bonchev–Trinajstić information content (AvgIpc) is 2.62. The number of carbonyl (C=O) groups is 3. The Balaban J connectivity index is 1.72. The Kier molecular flexibility index (Phi) is 6.98. The van der Waals surface area contributed by atoms with Crippen molar-refractivity contribution in [1.29, 1.82) is 0 Å². The van der Waals surface area contributed by atoms with E-state index in [9.17, 15) is 14.4 Å². The van der Waals surface area contributed by atoms with Crippen molar-refractivity contribution in [1.82, 2.24) is 5.32 Å². The fourth-order valence-electron chi connectivity index (χ4n) is 3.07. The van der Waals surface area contributed by atoms with E-state index in [1.165, 1.54) is 6.42 Å². The monoisotopic (exact) mass is 347 g/mol. The molecule has 1 amide bonds. The summed E-state index contributed by atoms with van der Waals surface area (Å²) in [6, 6.07) is 6.72. The van der Waals surface area contributed by atoms with E-state index in [2.05, 4.69) is 19.2 Å². The lowest BCUT2D eigenvalue weighted by molar-refractivity contribution is -0.150. The molecule has 0 unspecified atom stereocenters. The van der Waals surface area contributed by atoms with E-state index >= 15 is 0 Å². The number of carbonyl (C=O) groups excluding carboxylic acids is 3. The lowest BCUT2D eigenvalue weighted by Crippen LogP contribution is -2.45. The van der Waals surface area contributed by atoms with Crippen molar-refractivity contribution in [2.45, 2.75) is 39.2 Å². The highest BCUT2D eigenvalue weighted by Gasteiger charge is 2.28. The zero-order valence-corrected chi connectivity index (χ0v) is 14.7. The van der Waals surface area contributed by atoms with E-state index in [0.29, 0.717) is 29.4 Å². The van der Waals surface area contributed by atoms with E-state index in [4.69, 9.17) is 9.47 Å². The smallest absolute Gasteiger partial charge is 0.344 e. The van der Waals surface area contributed by atoms with Crippen LogP contribution in [0.1, 0.15) is 43.5 Å². The Morgan fingerprint density at radius 3 is 2.72 bits per heavy atom. The third-order valence-electron chi connectivity index (χ3n) is 4.81. The molecule has 1 N–H and O–H groups in total. The van der Waals surface area contributed by atoms with Crippen molar-refractivity contribution in [3.05, 3.63) is 29.8 Å². The van der Waals surface area contributed by atoms with Gasteiger partial charge in [0.25, 0.3) is 5.91 Å². The van der Waals surface area contributed by atoms with Gasteiger partial charge in [-0.1, -0.05) is 38.8 Å². The van der Waals surface area contributed by atoms with Crippen LogP contribution < -0.4 is 10.1 Å². The number of nitrogens with one attached hydrogen (secondary N) is 1. The molecule has 0 aromatic heterocycles. The minimum absolute atomic E-state index is 0.130. The second-order valence-corrected chi connectivity index (χ2v) is 6.55. The molecule has 0 spiro atoms. The van der Waals surface area contributed by atoms with E-state index in [0.717, 1.165) is 12.8 Å². The molecule has 1 aromatic carbocycles. The van der Waals surface area contributed by atoms with Crippen molar-refractivity contribution in [3.63, 3.8) is 0 Å². The Morgan fingerprint density at radius 2 is 1.96 bits per heavy atom. The molecular formula is C19H25NO5. The largest absolute Gasteiger partial charge is 0.481 e. The van der Waals surface area contributed by atoms with Crippen LogP contribution in [0.5, 0.6) is 5.75 Å². The highest BCUT2D eigenvalue weighted by molar-refractivity contribution is 5.82. The number of amides is 1. The van der Waals surface area contributed by atoms with Crippen LogP contribution in [0.4, 0.5) is 0 Å². The first kappa shape index (κ1) is 19.0. The number of ether oxygens (including phenoxy) is 2. The molecule has 0 heterocycles. The first-order valence-corrected chi connectivity index (χ1v) is 8.63. The van der Waals surface area contributed by atoms with Crippen LogP contribution >= 0.6 is 0 Å². The van der Waals surface area contributed by atoms with Gasteiger partial charge in [0, 0.05) is 6.04 Å². The fraction of sp³-hybridized carbons (Fsp3) is 0.526. The molecule has 1 aliphatic rings. The van der Waals surface area contributed by atoms with Gasteiger partial charge in [0.15, 0.2) is 19.5 Å². The Hall–Kier alpha value is -2.37. The topological polar surface area (TPSA) is 81.7 Å². The molecule has 6 heteroatoms. The molecule has 0 radical (unpaired) electrons. The van der Waals surface area contributed by atoms with Crippen LogP contribution in [0.3, 0.4) is 0 Å². The SMILES string of the molecule is C[C@@H]1[C@@H](C)CCC[C@H]1NC(=O)COC(=O)COc1ccccc1C=O. The second kappa shape index (κ2) is 9.20. The molecular weight excluding hydrogens is 322 g/mol. The summed E-state index contributed by atoms with van der Waals surface area (Å²) >= 11 is 0. The van der Waals surface area contributed by atoms with Gasteiger partial charge < -0.3 is 14.8 Å². The fourth-order valence-corrected chi connectivity index (χ4v) is 3.07. The van der Waals surface area contributed by atoms with Gasteiger partial charge in [-0.15, -0.1) is 0 Å². The van der Waals surface area contributed by atoms with E-state index in [1.807, 2.05) is 0 Å². The predicted molar refractivity (Wildman–Crippen MR) is 92.4 cm³/mol. The van der Waals surface area contributed by atoms with Gasteiger partial charge in [0.05, 0.1) is 5.56 Å². The molecule has 0 aliphatic heterocycles. The van der Waals surface area contributed by atoms with Crippen LogP contribution in [0.2, 0.25) is 0 Å². The van der Waals surface area contributed by atoms with Crippen LogP contribution in [-0.4, -0.2) is 37.4 Å². The molecule has 136 valence electrons. The molecule has 1 fully saturated rings.